The summed E-state index contributed by atoms with van der Waals surface area (Å²) >= 11 is 0. The first-order valence-corrected chi connectivity index (χ1v) is 6.72. The van der Waals surface area contributed by atoms with E-state index in [9.17, 15) is 4.79 Å². The lowest BCUT2D eigenvalue weighted by atomic mass is 9.89. The number of nitrogens with zero attached hydrogens (tertiary/aromatic N) is 1. The molecule has 1 amide bonds. The number of pyridine rings is 1. The number of nitrogens with one attached hydrogen (secondary N) is 1. The van der Waals surface area contributed by atoms with E-state index >= 15 is 0 Å². The number of fused-ring (bicyclic) bond motifs is 2. The molecule has 18 heavy (non-hydrogen) atoms. The van der Waals surface area contributed by atoms with Gasteiger partial charge in [0.05, 0.1) is 0 Å². The summed E-state index contributed by atoms with van der Waals surface area (Å²) in [6.07, 6.45) is 6.97. The Bertz CT molecular complexity index is 460. The van der Waals surface area contributed by atoms with Crippen molar-refractivity contribution in [2.45, 2.75) is 25.7 Å². The van der Waals surface area contributed by atoms with Crippen LogP contribution < -0.4 is 11.1 Å². The van der Waals surface area contributed by atoms with Gasteiger partial charge in [0.1, 0.15) is 5.69 Å². The fourth-order valence-electron chi connectivity index (χ4n) is 3.51. The van der Waals surface area contributed by atoms with E-state index in [1.54, 1.807) is 18.3 Å². The van der Waals surface area contributed by atoms with Crippen molar-refractivity contribution in [2.75, 3.05) is 12.3 Å². The zero-order valence-electron chi connectivity index (χ0n) is 10.4. The Morgan fingerprint density at radius 2 is 2.33 bits per heavy atom. The minimum atomic E-state index is -0.106. The van der Waals surface area contributed by atoms with E-state index in [2.05, 4.69) is 10.3 Å². The third kappa shape index (κ3) is 2.19. The summed E-state index contributed by atoms with van der Waals surface area (Å²) in [5, 5.41) is 3.00. The monoisotopic (exact) mass is 245 g/mol. The lowest BCUT2D eigenvalue weighted by Gasteiger charge is -2.21. The van der Waals surface area contributed by atoms with E-state index in [0.29, 0.717) is 17.3 Å². The number of hydrogen-bond donors (Lipinski definition) is 2. The van der Waals surface area contributed by atoms with Crippen molar-refractivity contribution >= 4 is 11.6 Å². The number of carbonyl (C=O) groups is 1. The van der Waals surface area contributed by atoms with E-state index in [0.717, 1.165) is 18.4 Å². The number of nitrogens with two attached hydrogens (primary N) is 1. The van der Waals surface area contributed by atoms with Crippen LogP contribution in [0.1, 0.15) is 36.2 Å². The lowest BCUT2D eigenvalue weighted by Crippen LogP contribution is -2.32. The Labute approximate surface area is 107 Å². The summed E-state index contributed by atoms with van der Waals surface area (Å²) in [5.74, 6) is 2.32. The predicted octanol–water partition coefficient (Wildman–Crippen LogP) is 1.83. The van der Waals surface area contributed by atoms with Crippen molar-refractivity contribution in [3.8, 4) is 0 Å². The minimum absolute atomic E-state index is 0.106. The van der Waals surface area contributed by atoms with Crippen LogP contribution in [0.25, 0.3) is 0 Å². The fraction of sp³-hybridized carbons (Fsp3) is 0.571. The first kappa shape index (κ1) is 11.5. The molecule has 4 heteroatoms. The second-order valence-corrected chi connectivity index (χ2v) is 5.62. The maximum absolute atomic E-state index is 11.9. The van der Waals surface area contributed by atoms with E-state index in [1.165, 1.54) is 25.7 Å². The topological polar surface area (TPSA) is 68.0 Å². The molecule has 1 aromatic rings. The summed E-state index contributed by atoms with van der Waals surface area (Å²) < 4.78 is 0. The molecular weight excluding hydrogens is 226 g/mol. The molecule has 0 radical (unpaired) electrons. The van der Waals surface area contributed by atoms with Crippen LogP contribution in [0, 0.1) is 17.8 Å². The third-order valence-corrected chi connectivity index (χ3v) is 4.43. The van der Waals surface area contributed by atoms with Gasteiger partial charge in [0.15, 0.2) is 0 Å². The van der Waals surface area contributed by atoms with Crippen molar-refractivity contribution in [3.05, 3.63) is 24.0 Å². The van der Waals surface area contributed by atoms with Gasteiger partial charge in [0.25, 0.3) is 5.91 Å². The summed E-state index contributed by atoms with van der Waals surface area (Å²) in [7, 11) is 0. The normalized spacial score (nSPS) is 29.4. The summed E-state index contributed by atoms with van der Waals surface area (Å²) in [5.41, 5.74) is 6.64. The maximum atomic E-state index is 11.9. The van der Waals surface area contributed by atoms with Crippen LogP contribution in [0.3, 0.4) is 0 Å². The molecule has 1 heterocycles. The van der Waals surface area contributed by atoms with Crippen LogP contribution in [-0.2, 0) is 0 Å². The number of anilines is 1. The van der Waals surface area contributed by atoms with Crippen molar-refractivity contribution in [1.82, 2.24) is 10.3 Å². The first-order valence-electron chi connectivity index (χ1n) is 6.72. The molecule has 3 N–H and O–H groups in total. The number of nitrogen functional groups attached to an aromatic ring is 1. The number of aromatic nitrogens is 1. The summed E-state index contributed by atoms with van der Waals surface area (Å²) in [4.78, 5) is 16.0. The predicted molar refractivity (Wildman–Crippen MR) is 69.9 cm³/mol. The highest BCUT2D eigenvalue weighted by atomic mass is 16.1. The van der Waals surface area contributed by atoms with Crippen LogP contribution >= 0.6 is 0 Å². The van der Waals surface area contributed by atoms with Crippen LogP contribution in [0.15, 0.2) is 18.3 Å². The summed E-state index contributed by atoms with van der Waals surface area (Å²) in [6, 6.07) is 3.31. The van der Waals surface area contributed by atoms with Crippen molar-refractivity contribution in [1.29, 1.82) is 0 Å². The van der Waals surface area contributed by atoms with Crippen LogP contribution in [0.4, 0.5) is 5.69 Å². The molecule has 2 aliphatic rings. The van der Waals surface area contributed by atoms with Gasteiger partial charge < -0.3 is 11.1 Å². The SMILES string of the molecule is Nc1ccnc(C(=O)NCC2CC3CCC2C3)c1. The molecule has 0 saturated heterocycles. The van der Waals surface area contributed by atoms with Crippen molar-refractivity contribution < 1.29 is 4.79 Å². The number of carbonyl (C=O) groups excluding carboxylic acids is 1. The highest BCUT2D eigenvalue weighted by Gasteiger charge is 2.39. The Balaban J connectivity index is 1.56. The Morgan fingerprint density at radius 3 is 3.00 bits per heavy atom. The van der Waals surface area contributed by atoms with Gasteiger partial charge in [-0.25, -0.2) is 0 Å². The smallest absolute Gasteiger partial charge is 0.269 e. The lowest BCUT2D eigenvalue weighted by molar-refractivity contribution is 0.0937. The van der Waals surface area contributed by atoms with Gasteiger partial charge in [-0.05, 0) is 49.1 Å². The van der Waals surface area contributed by atoms with E-state index in [-0.39, 0.29) is 5.91 Å². The van der Waals surface area contributed by atoms with Gasteiger partial charge in [-0.3, -0.25) is 9.78 Å². The van der Waals surface area contributed by atoms with Gasteiger partial charge in [0, 0.05) is 18.4 Å². The average Bonchev–Trinajstić information content (AvgIpc) is 2.98. The summed E-state index contributed by atoms with van der Waals surface area (Å²) in [6.45, 7) is 0.788. The van der Waals surface area contributed by atoms with E-state index in [4.69, 9.17) is 5.73 Å². The molecular formula is C14H19N3O. The molecule has 2 aliphatic carbocycles. The molecule has 3 unspecified atom stereocenters. The quantitative estimate of drug-likeness (QED) is 0.853. The van der Waals surface area contributed by atoms with Crippen LogP contribution in [0.5, 0.6) is 0 Å². The highest BCUT2D eigenvalue weighted by Crippen LogP contribution is 2.47. The number of amides is 1. The average molecular weight is 245 g/mol. The van der Waals surface area contributed by atoms with Gasteiger partial charge >= 0.3 is 0 Å². The maximum Gasteiger partial charge on any atom is 0.269 e. The zero-order valence-corrected chi connectivity index (χ0v) is 10.4. The molecule has 3 rings (SSSR count). The molecule has 4 nitrogen and oxygen atoms in total. The first-order chi connectivity index (χ1) is 8.72. The Morgan fingerprint density at radius 1 is 1.44 bits per heavy atom. The van der Waals surface area contributed by atoms with Gasteiger partial charge in [-0.2, -0.15) is 0 Å². The van der Waals surface area contributed by atoms with Gasteiger partial charge in [-0.1, -0.05) is 6.42 Å². The molecule has 0 spiro atoms. The van der Waals surface area contributed by atoms with E-state index < -0.39 is 0 Å². The second kappa shape index (κ2) is 4.59. The highest BCUT2D eigenvalue weighted by molar-refractivity contribution is 5.92. The molecule has 0 aromatic carbocycles. The van der Waals surface area contributed by atoms with Crippen molar-refractivity contribution in [3.63, 3.8) is 0 Å². The third-order valence-electron chi connectivity index (χ3n) is 4.43. The Hall–Kier alpha value is -1.58. The molecule has 2 saturated carbocycles. The van der Waals surface area contributed by atoms with Gasteiger partial charge in [0.2, 0.25) is 0 Å². The van der Waals surface area contributed by atoms with E-state index in [1.807, 2.05) is 0 Å². The molecule has 96 valence electrons. The molecule has 2 fully saturated rings. The molecule has 0 aliphatic heterocycles. The fourth-order valence-corrected chi connectivity index (χ4v) is 3.51. The van der Waals surface area contributed by atoms with Gasteiger partial charge in [-0.15, -0.1) is 0 Å². The largest absolute Gasteiger partial charge is 0.399 e. The molecule has 2 bridgehead atoms. The Kier molecular flexibility index (Phi) is 2.94. The standard InChI is InChI=1S/C14H19N3O/c15-12-3-4-16-13(7-12)14(18)17-8-11-6-9-1-2-10(11)5-9/h3-4,7,9-11H,1-2,5-6,8H2,(H2,15,16)(H,17,18). The number of rotatable bonds is 3. The van der Waals surface area contributed by atoms with Crippen LogP contribution in [0.2, 0.25) is 0 Å². The van der Waals surface area contributed by atoms with Crippen LogP contribution in [-0.4, -0.2) is 17.4 Å². The van der Waals surface area contributed by atoms with Crippen molar-refractivity contribution in [2.24, 2.45) is 17.8 Å². The minimum Gasteiger partial charge on any atom is -0.399 e. The molecule has 3 atom stereocenters. The second-order valence-electron chi connectivity index (χ2n) is 5.62. The number of hydrogen-bond acceptors (Lipinski definition) is 3. The molecule has 1 aromatic heterocycles. The zero-order chi connectivity index (χ0) is 12.5.